The van der Waals surface area contributed by atoms with Crippen molar-refractivity contribution < 1.29 is 0 Å². The van der Waals surface area contributed by atoms with E-state index in [1.165, 1.54) is 0 Å². The second kappa shape index (κ2) is 7.03. The molecule has 128 valence electrons. The molecule has 7 heteroatoms. The molecule has 1 aliphatic rings. The number of piperazine rings is 1. The number of fused-ring (bicyclic) bond motifs is 1. The Morgan fingerprint density at radius 3 is 2.64 bits per heavy atom. The highest BCUT2D eigenvalue weighted by molar-refractivity contribution is 9.10. The summed E-state index contributed by atoms with van der Waals surface area (Å²) in [5.41, 5.74) is 6.41. The van der Waals surface area contributed by atoms with E-state index in [-0.39, 0.29) is 0 Å². The van der Waals surface area contributed by atoms with Gasteiger partial charge in [-0.05, 0) is 46.7 Å². The molecule has 0 saturated carbocycles. The molecule has 0 bridgehead atoms. The van der Waals surface area contributed by atoms with E-state index in [0.717, 1.165) is 52.7 Å². The first kappa shape index (κ1) is 16.4. The van der Waals surface area contributed by atoms with Crippen LogP contribution >= 0.6 is 15.9 Å². The van der Waals surface area contributed by atoms with Crippen LogP contribution in [0.3, 0.4) is 0 Å². The first-order chi connectivity index (χ1) is 12.2. The average Bonchev–Trinajstić information content (AvgIpc) is 2.63. The van der Waals surface area contributed by atoms with E-state index in [0.29, 0.717) is 5.95 Å². The minimum Gasteiger partial charge on any atom is -0.304 e. The fourth-order valence-electron chi connectivity index (χ4n) is 2.90. The summed E-state index contributed by atoms with van der Waals surface area (Å²) in [6.07, 6.45) is 5.51. The number of nitrogens with zero attached hydrogens (tertiary/aromatic N) is 5. The molecule has 25 heavy (non-hydrogen) atoms. The summed E-state index contributed by atoms with van der Waals surface area (Å²) < 4.78 is 0.966. The normalized spacial score (nSPS) is 16.2. The first-order valence-corrected chi connectivity index (χ1v) is 9.04. The second-order valence-electron chi connectivity index (χ2n) is 6.26. The van der Waals surface area contributed by atoms with Crippen LogP contribution < -0.4 is 5.43 Å². The maximum atomic E-state index is 4.64. The number of hydrogen-bond acceptors (Lipinski definition) is 6. The highest BCUT2D eigenvalue weighted by Crippen LogP contribution is 2.25. The van der Waals surface area contributed by atoms with Crippen LogP contribution in [0.4, 0.5) is 5.95 Å². The van der Waals surface area contributed by atoms with Gasteiger partial charge in [0.15, 0.2) is 0 Å². The van der Waals surface area contributed by atoms with Crippen molar-refractivity contribution >= 4 is 32.8 Å². The topological polar surface area (TPSA) is 57.2 Å². The molecule has 2 aromatic heterocycles. The predicted octanol–water partition coefficient (Wildman–Crippen LogP) is 3.03. The first-order valence-electron chi connectivity index (χ1n) is 8.25. The lowest BCUT2D eigenvalue weighted by atomic mass is 10.1. The van der Waals surface area contributed by atoms with Crippen LogP contribution in [-0.4, -0.2) is 58.1 Å². The summed E-state index contributed by atoms with van der Waals surface area (Å²) in [6.45, 7) is 4.02. The van der Waals surface area contributed by atoms with Gasteiger partial charge < -0.3 is 4.90 Å². The Hall–Kier alpha value is -2.09. The van der Waals surface area contributed by atoms with Crippen LogP contribution in [0.15, 0.2) is 47.3 Å². The molecule has 0 amide bonds. The largest absolute Gasteiger partial charge is 0.304 e. The van der Waals surface area contributed by atoms with E-state index >= 15 is 0 Å². The summed E-state index contributed by atoms with van der Waals surface area (Å²) in [5, 5.41) is 3.18. The molecule has 1 fully saturated rings. The van der Waals surface area contributed by atoms with Crippen LogP contribution in [-0.2, 0) is 0 Å². The van der Waals surface area contributed by atoms with Crippen LogP contribution in [0.25, 0.3) is 22.0 Å². The van der Waals surface area contributed by atoms with Gasteiger partial charge in [0.2, 0.25) is 5.95 Å². The van der Waals surface area contributed by atoms with E-state index < -0.39 is 0 Å². The number of hydrogen-bond donors (Lipinski definition) is 1. The van der Waals surface area contributed by atoms with Crippen LogP contribution in [0, 0.1) is 0 Å². The van der Waals surface area contributed by atoms with Gasteiger partial charge in [-0.1, -0.05) is 6.07 Å². The summed E-state index contributed by atoms with van der Waals surface area (Å²) in [7, 11) is 2.14. The molecule has 1 aliphatic heterocycles. The highest BCUT2D eigenvalue weighted by Gasteiger charge is 2.14. The third-order valence-electron chi connectivity index (χ3n) is 4.38. The van der Waals surface area contributed by atoms with Gasteiger partial charge in [0.05, 0.1) is 5.52 Å². The summed E-state index contributed by atoms with van der Waals surface area (Å²) >= 11 is 3.47. The van der Waals surface area contributed by atoms with Crippen LogP contribution in [0.1, 0.15) is 0 Å². The Morgan fingerprint density at radius 2 is 1.84 bits per heavy atom. The Kier molecular flexibility index (Phi) is 4.61. The number of halogens is 1. The Balaban J connectivity index is 1.56. The van der Waals surface area contributed by atoms with E-state index in [9.17, 15) is 0 Å². The third-order valence-corrected chi connectivity index (χ3v) is 4.81. The summed E-state index contributed by atoms with van der Waals surface area (Å²) in [6, 6.07) is 8.25. The summed E-state index contributed by atoms with van der Waals surface area (Å²) in [4.78, 5) is 15.7. The molecule has 0 atom stereocenters. The van der Waals surface area contributed by atoms with Gasteiger partial charge in [-0.3, -0.25) is 10.4 Å². The molecule has 1 N–H and O–H groups in total. The SMILES string of the molecule is CN1CCN(Nc2ncc3cc(-c4cncc(Br)c4)ccc3n2)CC1. The number of hydrazine groups is 1. The Labute approximate surface area is 155 Å². The van der Waals surface area contributed by atoms with Crippen LogP contribution in [0.5, 0.6) is 0 Å². The maximum Gasteiger partial charge on any atom is 0.238 e. The molecule has 6 nitrogen and oxygen atoms in total. The molecular formula is C18H19BrN6. The smallest absolute Gasteiger partial charge is 0.238 e. The lowest BCUT2D eigenvalue weighted by molar-refractivity contribution is 0.178. The minimum absolute atomic E-state index is 0.647. The monoisotopic (exact) mass is 398 g/mol. The lowest BCUT2D eigenvalue weighted by Crippen LogP contribution is -2.47. The molecule has 3 heterocycles. The van der Waals surface area contributed by atoms with Crippen molar-refractivity contribution in [2.45, 2.75) is 0 Å². The fraction of sp³-hybridized carbons (Fsp3) is 0.278. The number of aromatic nitrogens is 3. The third kappa shape index (κ3) is 3.78. The molecule has 0 radical (unpaired) electrons. The number of benzene rings is 1. The number of anilines is 1. The molecule has 1 aromatic carbocycles. The van der Waals surface area contributed by atoms with Gasteiger partial charge >= 0.3 is 0 Å². The fourth-order valence-corrected chi connectivity index (χ4v) is 3.26. The lowest BCUT2D eigenvalue weighted by Gasteiger charge is -2.32. The van der Waals surface area contributed by atoms with E-state index in [4.69, 9.17) is 0 Å². The maximum absolute atomic E-state index is 4.64. The van der Waals surface area contributed by atoms with Gasteiger partial charge in [-0.15, -0.1) is 0 Å². The molecular weight excluding hydrogens is 380 g/mol. The molecule has 4 rings (SSSR count). The molecule has 1 saturated heterocycles. The van der Waals surface area contributed by atoms with Crippen LogP contribution in [0.2, 0.25) is 0 Å². The number of nitrogens with one attached hydrogen (secondary N) is 1. The van der Waals surface area contributed by atoms with Crippen molar-refractivity contribution in [3.63, 3.8) is 0 Å². The van der Waals surface area contributed by atoms with Gasteiger partial charge in [0.25, 0.3) is 0 Å². The van der Waals surface area contributed by atoms with Crippen molar-refractivity contribution in [1.82, 2.24) is 24.9 Å². The van der Waals surface area contributed by atoms with Crippen molar-refractivity contribution in [2.75, 3.05) is 38.7 Å². The van der Waals surface area contributed by atoms with Crippen molar-refractivity contribution in [3.05, 3.63) is 47.3 Å². The zero-order valence-corrected chi connectivity index (χ0v) is 15.6. The summed E-state index contributed by atoms with van der Waals surface area (Å²) in [5.74, 6) is 0.647. The minimum atomic E-state index is 0.647. The van der Waals surface area contributed by atoms with Crippen molar-refractivity contribution in [1.29, 1.82) is 0 Å². The molecule has 0 unspecified atom stereocenters. The number of pyridine rings is 1. The zero-order chi connectivity index (χ0) is 17.2. The van der Waals surface area contributed by atoms with Crippen molar-refractivity contribution in [3.8, 4) is 11.1 Å². The quantitative estimate of drug-likeness (QED) is 0.731. The average molecular weight is 399 g/mol. The molecule has 3 aromatic rings. The van der Waals surface area contributed by atoms with Gasteiger partial charge in [-0.2, -0.15) is 0 Å². The Morgan fingerprint density at radius 1 is 1.00 bits per heavy atom. The van der Waals surface area contributed by atoms with Gasteiger partial charge in [-0.25, -0.2) is 15.0 Å². The molecule has 0 spiro atoms. The molecule has 0 aliphatic carbocycles. The predicted molar refractivity (Wildman–Crippen MR) is 103 cm³/mol. The van der Waals surface area contributed by atoms with E-state index in [1.807, 2.05) is 18.5 Å². The number of likely N-dealkylation sites (N-methyl/N-ethyl adjacent to an activating group) is 1. The van der Waals surface area contributed by atoms with Gasteiger partial charge in [0, 0.05) is 60.2 Å². The van der Waals surface area contributed by atoms with E-state index in [2.05, 4.69) is 71.5 Å². The Bertz CT molecular complexity index is 892. The second-order valence-corrected chi connectivity index (χ2v) is 7.18. The van der Waals surface area contributed by atoms with Crippen molar-refractivity contribution in [2.24, 2.45) is 0 Å². The van der Waals surface area contributed by atoms with E-state index in [1.54, 1.807) is 6.20 Å². The zero-order valence-electron chi connectivity index (χ0n) is 14.0. The highest BCUT2D eigenvalue weighted by atomic mass is 79.9. The van der Waals surface area contributed by atoms with Gasteiger partial charge in [0.1, 0.15) is 0 Å². The number of rotatable bonds is 3. The standard InChI is InChI=1S/C18H19BrN6/c1-24-4-6-25(7-5-24)23-18-21-11-15-8-13(2-3-17(15)22-18)14-9-16(19)12-20-10-14/h2-3,8-12H,4-7H2,1H3,(H,21,22,23).